The second-order valence-corrected chi connectivity index (χ2v) is 3.13. The quantitative estimate of drug-likeness (QED) is 0.757. The van der Waals surface area contributed by atoms with Crippen molar-refractivity contribution in [3.05, 3.63) is 36.2 Å². The summed E-state index contributed by atoms with van der Waals surface area (Å²) in [7, 11) is 3.72. The van der Waals surface area contributed by atoms with E-state index in [1.54, 1.807) is 29.5 Å². The molecule has 0 aliphatic rings. The number of hydrogen-bond acceptors (Lipinski definition) is 5. The highest BCUT2D eigenvalue weighted by Crippen LogP contribution is 2.16. The fraction of sp³-hybridized carbons (Fsp3) is 0.333. The second-order valence-electron chi connectivity index (χ2n) is 3.13. The monoisotopic (exact) mass is 204 g/mol. The standard InChI is InChI=1S/C9H12N6/c1-10-9(7-5-11-3-4-12-7)8-6-13-14-15(8)2/h3-6,9-10H,1-2H3. The Morgan fingerprint density at radius 2 is 2.20 bits per heavy atom. The van der Waals surface area contributed by atoms with E-state index in [0.29, 0.717) is 0 Å². The van der Waals surface area contributed by atoms with Crippen molar-refractivity contribution in [3.8, 4) is 0 Å². The molecule has 15 heavy (non-hydrogen) atoms. The highest BCUT2D eigenvalue weighted by atomic mass is 15.4. The van der Waals surface area contributed by atoms with Gasteiger partial charge in [-0.25, -0.2) is 0 Å². The van der Waals surface area contributed by atoms with E-state index in [-0.39, 0.29) is 6.04 Å². The molecule has 6 nitrogen and oxygen atoms in total. The van der Waals surface area contributed by atoms with Crippen molar-refractivity contribution in [2.45, 2.75) is 6.04 Å². The van der Waals surface area contributed by atoms with Crippen LogP contribution in [0.5, 0.6) is 0 Å². The minimum atomic E-state index is -0.0290. The topological polar surface area (TPSA) is 68.5 Å². The fourth-order valence-corrected chi connectivity index (χ4v) is 1.47. The van der Waals surface area contributed by atoms with Crippen LogP contribution >= 0.6 is 0 Å². The molecule has 2 aromatic rings. The van der Waals surface area contributed by atoms with Crippen LogP contribution in [0.25, 0.3) is 0 Å². The molecule has 2 rings (SSSR count). The first kappa shape index (κ1) is 9.72. The summed E-state index contributed by atoms with van der Waals surface area (Å²) < 4.78 is 1.72. The van der Waals surface area contributed by atoms with Crippen LogP contribution in [0.1, 0.15) is 17.4 Å². The molecule has 0 spiro atoms. The maximum atomic E-state index is 4.25. The van der Waals surface area contributed by atoms with Crippen LogP contribution in [0.3, 0.4) is 0 Å². The van der Waals surface area contributed by atoms with E-state index in [0.717, 1.165) is 11.4 Å². The Morgan fingerprint density at radius 3 is 2.73 bits per heavy atom. The molecule has 1 N–H and O–H groups in total. The van der Waals surface area contributed by atoms with Crippen LogP contribution in [0.2, 0.25) is 0 Å². The molecule has 0 bridgehead atoms. The van der Waals surface area contributed by atoms with Gasteiger partial charge in [0.15, 0.2) is 0 Å². The summed E-state index contributed by atoms with van der Waals surface area (Å²) in [5.74, 6) is 0. The normalized spacial score (nSPS) is 12.7. The first-order valence-electron chi connectivity index (χ1n) is 4.60. The lowest BCUT2D eigenvalue weighted by Crippen LogP contribution is -2.21. The predicted octanol–water partition coefficient (Wildman–Crippen LogP) is -0.0861. The van der Waals surface area contributed by atoms with Gasteiger partial charge in [-0.15, -0.1) is 5.10 Å². The molecule has 2 heterocycles. The average Bonchev–Trinajstić information content (AvgIpc) is 2.68. The summed E-state index contributed by atoms with van der Waals surface area (Å²) in [6.45, 7) is 0. The zero-order valence-electron chi connectivity index (χ0n) is 8.62. The number of hydrogen-bond donors (Lipinski definition) is 1. The summed E-state index contributed by atoms with van der Waals surface area (Å²) in [5.41, 5.74) is 1.81. The van der Waals surface area contributed by atoms with E-state index in [1.165, 1.54) is 0 Å². The molecule has 0 aliphatic heterocycles. The van der Waals surface area contributed by atoms with Crippen LogP contribution < -0.4 is 5.32 Å². The van der Waals surface area contributed by atoms with Gasteiger partial charge in [0.25, 0.3) is 0 Å². The Balaban J connectivity index is 2.37. The number of nitrogens with one attached hydrogen (secondary N) is 1. The molecule has 0 amide bonds. The van der Waals surface area contributed by atoms with E-state index in [1.807, 2.05) is 14.1 Å². The third-order valence-corrected chi connectivity index (χ3v) is 2.21. The Labute approximate surface area is 87.4 Å². The van der Waals surface area contributed by atoms with Crippen molar-refractivity contribution in [2.24, 2.45) is 7.05 Å². The maximum absolute atomic E-state index is 4.25. The fourth-order valence-electron chi connectivity index (χ4n) is 1.47. The van der Waals surface area contributed by atoms with Gasteiger partial charge in [-0.3, -0.25) is 14.6 Å². The molecule has 1 atom stereocenters. The third kappa shape index (κ3) is 1.84. The minimum absolute atomic E-state index is 0.0290. The van der Waals surface area contributed by atoms with E-state index >= 15 is 0 Å². The summed E-state index contributed by atoms with van der Waals surface area (Å²) in [6.07, 6.45) is 6.77. The van der Waals surface area contributed by atoms with E-state index < -0.39 is 0 Å². The Morgan fingerprint density at radius 1 is 1.33 bits per heavy atom. The number of aromatic nitrogens is 5. The molecular weight excluding hydrogens is 192 g/mol. The summed E-state index contributed by atoms with van der Waals surface area (Å²) in [6, 6.07) is -0.0290. The molecule has 78 valence electrons. The SMILES string of the molecule is CNC(c1cnccn1)c1cnnn1C. The average molecular weight is 204 g/mol. The zero-order chi connectivity index (χ0) is 10.7. The first-order valence-corrected chi connectivity index (χ1v) is 4.60. The zero-order valence-corrected chi connectivity index (χ0v) is 8.62. The summed E-state index contributed by atoms with van der Waals surface area (Å²) >= 11 is 0. The Hall–Kier alpha value is -1.82. The largest absolute Gasteiger partial charge is 0.307 e. The molecule has 0 aromatic carbocycles. The van der Waals surface area contributed by atoms with Crippen LogP contribution in [0.15, 0.2) is 24.8 Å². The molecule has 2 aromatic heterocycles. The van der Waals surface area contributed by atoms with Crippen molar-refractivity contribution in [1.82, 2.24) is 30.3 Å². The molecule has 6 heteroatoms. The smallest absolute Gasteiger partial charge is 0.0951 e. The van der Waals surface area contributed by atoms with Crippen LogP contribution in [-0.2, 0) is 7.05 Å². The molecule has 0 aliphatic carbocycles. The van der Waals surface area contributed by atoms with Crippen molar-refractivity contribution in [2.75, 3.05) is 7.05 Å². The lowest BCUT2D eigenvalue weighted by atomic mass is 10.1. The van der Waals surface area contributed by atoms with Gasteiger partial charge in [0.2, 0.25) is 0 Å². The van der Waals surface area contributed by atoms with E-state index in [2.05, 4.69) is 25.6 Å². The van der Waals surface area contributed by atoms with E-state index in [9.17, 15) is 0 Å². The molecule has 0 fully saturated rings. The first-order chi connectivity index (χ1) is 7.33. The van der Waals surface area contributed by atoms with Gasteiger partial charge in [-0.2, -0.15) is 0 Å². The molecule has 0 saturated carbocycles. The minimum Gasteiger partial charge on any atom is -0.307 e. The van der Waals surface area contributed by atoms with Gasteiger partial charge in [-0.05, 0) is 7.05 Å². The van der Waals surface area contributed by atoms with E-state index in [4.69, 9.17) is 0 Å². The van der Waals surface area contributed by atoms with Crippen LogP contribution in [0.4, 0.5) is 0 Å². The lowest BCUT2D eigenvalue weighted by molar-refractivity contribution is 0.586. The summed E-state index contributed by atoms with van der Waals surface area (Å²) in [5, 5.41) is 10.9. The highest BCUT2D eigenvalue weighted by molar-refractivity contribution is 5.16. The van der Waals surface area contributed by atoms with Gasteiger partial charge in [-0.1, -0.05) is 5.21 Å². The maximum Gasteiger partial charge on any atom is 0.0951 e. The summed E-state index contributed by atoms with van der Waals surface area (Å²) in [4.78, 5) is 8.29. The molecule has 0 saturated heterocycles. The number of nitrogens with zero attached hydrogens (tertiary/aromatic N) is 5. The predicted molar refractivity (Wildman–Crippen MR) is 53.9 cm³/mol. The van der Waals surface area contributed by atoms with Gasteiger partial charge in [0.1, 0.15) is 0 Å². The van der Waals surface area contributed by atoms with Gasteiger partial charge < -0.3 is 5.32 Å². The lowest BCUT2D eigenvalue weighted by Gasteiger charge is -2.14. The van der Waals surface area contributed by atoms with Gasteiger partial charge >= 0.3 is 0 Å². The second kappa shape index (κ2) is 4.14. The van der Waals surface area contributed by atoms with Crippen LogP contribution in [0, 0.1) is 0 Å². The van der Waals surface area contributed by atoms with Gasteiger partial charge in [0, 0.05) is 19.4 Å². The van der Waals surface area contributed by atoms with Crippen LogP contribution in [-0.4, -0.2) is 32.0 Å². The third-order valence-electron chi connectivity index (χ3n) is 2.21. The number of rotatable bonds is 3. The van der Waals surface area contributed by atoms with Gasteiger partial charge in [0.05, 0.1) is 29.8 Å². The molecular formula is C9H12N6. The number of aryl methyl sites for hydroxylation is 1. The van der Waals surface area contributed by atoms with Crippen molar-refractivity contribution >= 4 is 0 Å². The Bertz CT molecular complexity index is 423. The molecule has 0 radical (unpaired) electrons. The van der Waals surface area contributed by atoms with Crippen molar-refractivity contribution in [3.63, 3.8) is 0 Å². The Kier molecular flexibility index (Phi) is 2.68. The highest BCUT2D eigenvalue weighted by Gasteiger charge is 2.17. The molecule has 1 unspecified atom stereocenters. The van der Waals surface area contributed by atoms with Crippen molar-refractivity contribution in [1.29, 1.82) is 0 Å². The van der Waals surface area contributed by atoms with Crippen molar-refractivity contribution < 1.29 is 0 Å².